The normalized spacial score (nSPS) is 25.7. The number of Topliss-reactive ketones (excluding diaryl/α,β-unsaturated/α-hetero) is 1. The summed E-state index contributed by atoms with van der Waals surface area (Å²) in [5.74, 6) is 0.852. The van der Waals surface area contributed by atoms with Crippen LogP contribution in [0, 0.1) is 5.92 Å². The van der Waals surface area contributed by atoms with Crippen molar-refractivity contribution in [1.82, 2.24) is 4.90 Å². The van der Waals surface area contributed by atoms with Crippen molar-refractivity contribution in [3.8, 4) is 0 Å². The molecule has 0 aromatic heterocycles. The molecule has 2 heteroatoms. The summed E-state index contributed by atoms with van der Waals surface area (Å²) in [7, 11) is 0. The van der Waals surface area contributed by atoms with E-state index < -0.39 is 0 Å². The topological polar surface area (TPSA) is 20.3 Å². The molecule has 0 bridgehead atoms. The molecule has 2 aliphatic rings. The fraction of sp³-hybridized carbons (Fsp3) is 0.438. The first-order chi connectivity index (χ1) is 8.66. The molecule has 18 heavy (non-hydrogen) atoms. The van der Waals surface area contributed by atoms with Gasteiger partial charge < -0.3 is 0 Å². The molecule has 0 saturated carbocycles. The molecule has 2 nitrogen and oxygen atoms in total. The number of benzene rings is 1. The highest BCUT2D eigenvalue weighted by Crippen LogP contribution is 2.38. The summed E-state index contributed by atoms with van der Waals surface area (Å²) >= 11 is 0. The molecule has 1 aliphatic carbocycles. The molecule has 0 unspecified atom stereocenters. The zero-order valence-corrected chi connectivity index (χ0v) is 11.0. The van der Waals surface area contributed by atoms with E-state index >= 15 is 0 Å². The summed E-state index contributed by atoms with van der Waals surface area (Å²) < 4.78 is 0. The van der Waals surface area contributed by atoms with E-state index in [2.05, 4.69) is 42.2 Å². The van der Waals surface area contributed by atoms with Crippen molar-refractivity contribution in [2.45, 2.75) is 26.3 Å². The van der Waals surface area contributed by atoms with E-state index in [1.807, 2.05) is 6.92 Å². The van der Waals surface area contributed by atoms with Crippen molar-refractivity contribution in [2.75, 3.05) is 13.1 Å². The first kappa shape index (κ1) is 11.7. The minimum atomic E-state index is 0.363. The van der Waals surface area contributed by atoms with Gasteiger partial charge in [-0.25, -0.2) is 0 Å². The van der Waals surface area contributed by atoms with Crippen LogP contribution in [0.5, 0.6) is 0 Å². The third-order valence-corrected chi connectivity index (χ3v) is 4.48. The Morgan fingerprint density at radius 2 is 2.00 bits per heavy atom. The summed E-state index contributed by atoms with van der Waals surface area (Å²) in [5, 5.41) is 0. The van der Waals surface area contributed by atoms with E-state index in [-0.39, 0.29) is 0 Å². The van der Waals surface area contributed by atoms with Crippen LogP contribution in [0.3, 0.4) is 0 Å². The van der Waals surface area contributed by atoms with Crippen LogP contribution in [0.25, 0.3) is 0 Å². The summed E-state index contributed by atoms with van der Waals surface area (Å²) in [6.45, 7) is 6.26. The van der Waals surface area contributed by atoms with E-state index in [1.165, 1.54) is 11.1 Å². The van der Waals surface area contributed by atoms with Crippen molar-refractivity contribution in [3.63, 3.8) is 0 Å². The van der Waals surface area contributed by atoms with E-state index in [9.17, 15) is 4.79 Å². The Morgan fingerprint density at radius 1 is 1.28 bits per heavy atom. The fourth-order valence-electron chi connectivity index (χ4n) is 3.21. The standard InChI is InChI=1S/C16H19NO/c1-11-15-10-17(9-14(15)8-16(11)18)12(2)13-6-4-3-5-7-13/h3-7,12,14H,8-10H2,1-2H3/t12-,14-/m0/s1. The third-order valence-electron chi connectivity index (χ3n) is 4.48. The summed E-state index contributed by atoms with van der Waals surface area (Å²) in [5.41, 5.74) is 3.78. The van der Waals surface area contributed by atoms with Crippen LogP contribution in [-0.4, -0.2) is 23.8 Å². The molecule has 1 aliphatic heterocycles. The summed E-state index contributed by atoms with van der Waals surface area (Å²) in [6, 6.07) is 11.1. The van der Waals surface area contributed by atoms with Gasteiger partial charge in [-0.05, 0) is 30.6 Å². The van der Waals surface area contributed by atoms with Crippen molar-refractivity contribution in [1.29, 1.82) is 0 Å². The number of ketones is 1. The van der Waals surface area contributed by atoms with Crippen LogP contribution in [0.4, 0.5) is 0 Å². The van der Waals surface area contributed by atoms with Gasteiger partial charge in [-0.1, -0.05) is 30.3 Å². The molecule has 3 rings (SSSR count). The second kappa shape index (κ2) is 4.36. The van der Waals surface area contributed by atoms with Crippen LogP contribution in [0.15, 0.2) is 41.5 Å². The highest BCUT2D eigenvalue weighted by Gasteiger charge is 2.38. The van der Waals surface area contributed by atoms with E-state index in [1.54, 1.807) is 0 Å². The van der Waals surface area contributed by atoms with Crippen molar-refractivity contribution in [3.05, 3.63) is 47.0 Å². The molecule has 1 aromatic rings. The molecule has 0 radical (unpaired) electrons. The van der Waals surface area contributed by atoms with E-state index in [0.717, 1.165) is 25.1 Å². The van der Waals surface area contributed by atoms with Gasteiger partial charge in [0, 0.05) is 31.5 Å². The molecule has 1 aromatic carbocycles. The van der Waals surface area contributed by atoms with Gasteiger partial charge in [-0.3, -0.25) is 9.69 Å². The highest BCUT2D eigenvalue weighted by molar-refractivity contribution is 5.98. The number of nitrogens with zero attached hydrogens (tertiary/aromatic N) is 1. The minimum absolute atomic E-state index is 0.363. The minimum Gasteiger partial charge on any atom is -0.295 e. The number of hydrogen-bond donors (Lipinski definition) is 0. The fourth-order valence-corrected chi connectivity index (χ4v) is 3.21. The lowest BCUT2D eigenvalue weighted by molar-refractivity contribution is -0.115. The maximum atomic E-state index is 11.7. The Bertz CT molecular complexity index is 503. The average Bonchev–Trinajstić information content (AvgIpc) is 2.91. The van der Waals surface area contributed by atoms with Crippen LogP contribution < -0.4 is 0 Å². The predicted octanol–water partition coefficient (Wildman–Crippen LogP) is 2.97. The van der Waals surface area contributed by atoms with Crippen LogP contribution in [0.1, 0.15) is 31.9 Å². The van der Waals surface area contributed by atoms with Gasteiger partial charge in [0.2, 0.25) is 0 Å². The molecular weight excluding hydrogens is 222 g/mol. The number of likely N-dealkylation sites (tertiary alicyclic amines) is 1. The molecule has 1 heterocycles. The number of hydrogen-bond acceptors (Lipinski definition) is 2. The predicted molar refractivity (Wildman–Crippen MR) is 72.2 cm³/mol. The Morgan fingerprint density at radius 3 is 2.67 bits per heavy atom. The average molecular weight is 241 g/mol. The van der Waals surface area contributed by atoms with Crippen molar-refractivity contribution in [2.24, 2.45) is 5.92 Å². The molecular formula is C16H19NO. The van der Waals surface area contributed by atoms with Crippen LogP contribution in [0.2, 0.25) is 0 Å². The molecule has 94 valence electrons. The van der Waals surface area contributed by atoms with Crippen LogP contribution >= 0.6 is 0 Å². The number of carbonyl (C=O) groups is 1. The summed E-state index contributed by atoms with van der Waals surface area (Å²) in [4.78, 5) is 14.1. The second-order valence-corrected chi connectivity index (χ2v) is 5.49. The van der Waals surface area contributed by atoms with Crippen molar-refractivity contribution < 1.29 is 4.79 Å². The first-order valence-corrected chi connectivity index (χ1v) is 6.68. The maximum absolute atomic E-state index is 11.7. The first-order valence-electron chi connectivity index (χ1n) is 6.68. The monoisotopic (exact) mass is 241 g/mol. The van der Waals surface area contributed by atoms with Gasteiger partial charge >= 0.3 is 0 Å². The lowest BCUT2D eigenvalue weighted by atomic mass is 10.1. The van der Waals surface area contributed by atoms with Gasteiger partial charge in [0.25, 0.3) is 0 Å². The van der Waals surface area contributed by atoms with Gasteiger partial charge in [-0.2, -0.15) is 0 Å². The molecule has 2 atom stereocenters. The zero-order chi connectivity index (χ0) is 12.7. The Labute approximate surface area is 108 Å². The Balaban J connectivity index is 1.80. The largest absolute Gasteiger partial charge is 0.295 e. The van der Waals surface area contributed by atoms with Gasteiger partial charge in [0.1, 0.15) is 0 Å². The molecule has 1 saturated heterocycles. The summed E-state index contributed by atoms with van der Waals surface area (Å²) in [6.07, 6.45) is 0.735. The number of carbonyl (C=O) groups excluding carboxylic acids is 1. The van der Waals surface area contributed by atoms with Crippen LogP contribution in [-0.2, 0) is 4.79 Å². The molecule has 0 N–H and O–H groups in total. The van der Waals surface area contributed by atoms with E-state index in [4.69, 9.17) is 0 Å². The molecule has 0 amide bonds. The molecule has 1 fully saturated rings. The van der Waals surface area contributed by atoms with Gasteiger partial charge in [0.15, 0.2) is 5.78 Å². The third kappa shape index (κ3) is 1.81. The second-order valence-electron chi connectivity index (χ2n) is 5.49. The smallest absolute Gasteiger partial charge is 0.159 e. The SMILES string of the molecule is CC1=C2CN([C@@H](C)c3ccccc3)C[C@@H]2CC1=O. The highest BCUT2D eigenvalue weighted by atomic mass is 16.1. The number of allylic oxidation sites excluding steroid dienone is 1. The number of fused-ring (bicyclic) bond motifs is 1. The quantitative estimate of drug-likeness (QED) is 0.793. The maximum Gasteiger partial charge on any atom is 0.159 e. The van der Waals surface area contributed by atoms with Crippen molar-refractivity contribution >= 4 is 5.78 Å². The zero-order valence-electron chi connectivity index (χ0n) is 11.0. The van der Waals surface area contributed by atoms with Gasteiger partial charge in [0.05, 0.1) is 0 Å². The number of rotatable bonds is 2. The Hall–Kier alpha value is -1.41. The van der Waals surface area contributed by atoms with Gasteiger partial charge in [-0.15, -0.1) is 0 Å². The van der Waals surface area contributed by atoms with E-state index in [0.29, 0.717) is 17.7 Å². The molecule has 0 spiro atoms. The lowest BCUT2D eigenvalue weighted by Gasteiger charge is -2.24. The Kier molecular flexibility index (Phi) is 2.83. The lowest BCUT2D eigenvalue weighted by Crippen LogP contribution is -2.25.